The predicted molar refractivity (Wildman–Crippen MR) is 78.9 cm³/mol. The molecular weight excluding hydrogens is 218 g/mol. The summed E-state index contributed by atoms with van der Waals surface area (Å²) in [6, 6.07) is 9.54. The molecule has 1 aliphatic rings. The summed E-state index contributed by atoms with van der Waals surface area (Å²) in [4.78, 5) is 0. The second-order valence-corrected chi connectivity index (χ2v) is 5.60. The lowest BCUT2D eigenvalue weighted by Crippen LogP contribution is -2.36. The molecule has 0 heterocycles. The summed E-state index contributed by atoms with van der Waals surface area (Å²) in [7, 11) is 0. The molecule has 0 aliphatic heterocycles. The van der Waals surface area contributed by atoms with Gasteiger partial charge in [0.2, 0.25) is 0 Å². The summed E-state index contributed by atoms with van der Waals surface area (Å²) < 4.78 is 0. The highest BCUT2D eigenvalue weighted by atomic mass is 14.9. The van der Waals surface area contributed by atoms with Crippen LogP contribution in [0.2, 0.25) is 0 Å². The molecule has 1 aliphatic carbocycles. The van der Waals surface area contributed by atoms with Gasteiger partial charge in [0.15, 0.2) is 0 Å². The van der Waals surface area contributed by atoms with Crippen molar-refractivity contribution in [2.45, 2.75) is 45.6 Å². The fourth-order valence-electron chi connectivity index (χ4n) is 3.05. The molecule has 1 N–H and O–H groups in total. The molecule has 0 spiro atoms. The van der Waals surface area contributed by atoms with Crippen molar-refractivity contribution in [3.8, 4) is 0 Å². The van der Waals surface area contributed by atoms with Crippen LogP contribution in [0.3, 0.4) is 0 Å². The standard InChI is InChI=1S/C17H25N/c1-4-18-17(10-9-13(2)3)16-11-14-7-5-6-8-15(14)12-16/h5-8,16-18H,2,4,9-12H2,1,3H3. The Morgan fingerprint density at radius 3 is 2.44 bits per heavy atom. The Hall–Kier alpha value is -1.08. The number of nitrogens with one attached hydrogen (secondary N) is 1. The highest BCUT2D eigenvalue weighted by molar-refractivity contribution is 5.32. The molecule has 1 atom stereocenters. The molecule has 0 bridgehead atoms. The van der Waals surface area contributed by atoms with Crippen molar-refractivity contribution >= 4 is 0 Å². The lowest BCUT2D eigenvalue weighted by molar-refractivity contribution is 0.351. The normalized spacial score (nSPS) is 16.6. The minimum atomic E-state index is 0.638. The van der Waals surface area contributed by atoms with Crippen LogP contribution in [0.4, 0.5) is 0 Å². The van der Waals surface area contributed by atoms with Gasteiger partial charge in [-0.15, -0.1) is 6.58 Å². The zero-order valence-corrected chi connectivity index (χ0v) is 11.7. The second-order valence-electron chi connectivity index (χ2n) is 5.60. The van der Waals surface area contributed by atoms with Crippen LogP contribution in [0.25, 0.3) is 0 Å². The molecule has 2 rings (SSSR count). The molecule has 1 unspecified atom stereocenters. The average molecular weight is 243 g/mol. The molecule has 0 amide bonds. The van der Waals surface area contributed by atoms with Crippen LogP contribution in [0, 0.1) is 5.92 Å². The average Bonchev–Trinajstić information content (AvgIpc) is 2.77. The zero-order valence-electron chi connectivity index (χ0n) is 11.7. The van der Waals surface area contributed by atoms with E-state index in [4.69, 9.17) is 0 Å². The van der Waals surface area contributed by atoms with Gasteiger partial charge in [-0.1, -0.05) is 36.8 Å². The Morgan fingerprint density at radius 2 is 1.94 bits per heavy atom. The molecule has 0 saturated heterocycles. The van der Waals surface area contributed by atoms with E-state index in [0.29, 0.717) is 6.04 Å². The Bertz CT molecular complexity index is 383. The zero-order chi connectivity index (χ0) is 13.0. The van der Waals surface area contributed by atoms with Crippen LogP contribution in [-0.2, 0) is 12.8 Å². The van der Waals surface area contributed by atoms with E-state index in [9.17, 15) is 0 Å². The molecule has 98 valence electrons. The minimum absolute atomic E-state index is 0.638. The Balaban J connectivity index is 1.99. The third-order valence-electron chi connectivity index (χ3n) is 4.00. The monoisotopic (exact) mass is 243 g/mol. The van der Waals surface area contributed by atoms with E-state index >= 15 is 0 Å². The molecule has 0 saturated carbocycles. The predicted octanol–water partition coefficient (Wildman–Crippen LogP) is 3.74. The molecule has 0 aromatic heterocycles. The summed E-state index contributed by atoms with van der Waals surface area (Å²) in [6.07, 6.45) is 4.85. The molecule has 1 heteroatoms. The number of fused-ring (bicyclic) bond motifs is 1. The third-order valence-corrected chi connectivity index (χ3v) is 4.00. The first kappa shape index (κ1) is 13.4. The van der Waals surface area contributed by atoms with Gasteiger partial charge in [0.05, 0.1) is 0 Å². The van der Waals surface area contributed by atoms with Gasteiger partial charge >= 0.3 is 0 Å². The van der Waals surface area contributed by atoms with Gasteiger partial charge in [-0.3, -0.25) is 0 Å². The van der Waals surface area contributed by atoms with E-state index in [1.54, 1.807) is 11.1 Å². The molecule has 18 heavy (non-hydrogen) atoms. The van der Waals surface area contributed by atoms with Crippen molar-refractivity contribution in [1.29, 1.82) is 0 Å². The topological polar surface area (TPSA) is 12.0 Å². The number of benzene rings is 1. The van der Waals surface area contributed by atoms with Crippen LogP contribution in [-0.4, -0.2) is 12.6 Å². The number of hydrogen-bond acceptors (Lipinski definition) is 1. The molecule has 1 nitrogen and oxygen atoms in total. The van der Waals surface area contributed by atoms with Crippen LogP contribution < -0.4 is 5.32 Å². The van der Waals surface area contributed by atoms with Crippen molar-refractivity contribution in [3.05, 3.63) is 47.5 Å². The summed E-state index contributed by atoms with van der Waals surface area (Å²) in [5.74, 6) is 0.765. The van der Waals surface area contributed by atoms with Crippen molar-refractivity contribution in [2.75, 3.05) is 6.54 Å². The molecule has 0 fully saturated rings. The van der Waals surface area contributed by atoms with Crippen molar-refractivity contribution in [2.24, 2.45) is 5.92 Å². The second kappa shape index (κ2) is 6.19. The van der Waals surface area contributed by atoms with Crippen LogP contribution >= 0.6 is 0 Å². The van der Waals surface area contributed by atoms with Crippen molar-refractivity contribution < 1.29 is 0 Å². The molecule has 1 aromatic rings. The van der Waals surface area contributed by atoms with E-state index < -0.39 is 0 Å². The lowest BCUT2D eigenvalue weighted by atomic mass is 9.91. The summed E-state index contributed by atoms with van der Waals surface area (Å²) in [5.41, 5.74) is 4.41. The highest BCUT2D eigenvalue weighted by Crippen LogP contribution is 2.30. The smallest absolute Gasteiger partial charge is 0.0105 e. The van der Waals surface area contributed by atoms with Crippen molar-refractivity contribution in [1.82, 2.24) is 5.32 Å². The van der Waals surface area contributed by atoms with Gasteiger partial charge in [0, 0.05) is 6.04 Å². The Kier molecular flexibility index (Phi) is 4.60. The van der Waals surface area contributed by atoms with E-state index in [2.05, 4.69) is 50.0 Å². The fraction of sp³-hybridized carbons (Fsp3) is 0.529. The quantitative estimate of drug-likeness (QED) is 0.751. The largest absolute Gasteiger partial charge is 0.314 e. The molecule has 1 aromatic carbocycles. The van der Waals surface area contributed by atoms with Crippen LogP contribution in [0.1, 0.15) is 37.8 Å². The third kappa shape index (κ3) is 3.23. The van der Waals surface area contributed by atoms with E-state index in [1.807, 2.05) is 0 Å². The van der Waals surface area contributed by atoms with Gasteiger partial charge in [-0.25, -0.2) is 0 Å². The van der Waals surface area contributed by atoms with Crippen LogP contribution in [0.5, 0.6) is 0 Å². The van der Waals surface area contributed by atoms with E-state index in [1.165, 1.54) is 24.8 Å². The van der Waals surface area contributed by atoms with Gasteiger partial charge in [-0.2, -0.15) is 0 Å². The molecule has 0 radical (unpaired) electrons. The van der Waals surface area contributed by atoms with E-state index in [-0.39, 0.29) is 0 Å². The minimum Gasteiger partial charge on any atom is -0.314 e. The van der Waals surface area contributed by atoms with Gasteiger partial charge in [-0.05, 0) is 56.2 Å². The first-order chi connectivity index (χ1) is 8.70. The van der Waals surface area contributed by atoms with Gasteiger partial charge < -0.3 is 5.32 Å². The summed E-state index contributed by atoms with van der Waals surface area (Å²) in [6.45, 7) is 9.42. The molecular formula is C17H25N. The fourth-order valence-corrected chi connectivity index (χ4v) is 3.05. The van der Waals surface area contributed by atoms with Gasteiger partial charge in [0.1, 0.15) is 0 Å². The summed E-state index contributed by atoms with van der Waals surface area (Å²) >= 11 is 0. The van der Waals surface area contributed by atoms with E-state index in [0.717, 1.165) is 18.9 Å². The maximum atomic E-state index is 4.03. The first-order valence-electron chi connectivity index (χ1n) is 7.15. The summed E-state index contributed by atoms with van der Waals surface area (Å²) in [5, 5.41) is 3.67. The van der Waals surface area contributed by atoms with Crippen LogP contribution in [0.15, 0.2) is 36.4 Å². The SMILES string of the molecule is C=C(C)CCC(NCC)C1Cc2ccccc2C1. The Labute approximate surface area is 111 Å². The highest BCUT2D eigenvalue weighted by Gasteiger charge is 2.27. The number of rotatable bonds is 6. The first-order valence-corrected chi connectivity index (χ1v) is 7.15. The van der Waals surface area contributed by atoms with Crippen molar-refractivity contribution in [3.63, 3.8) is 0 Å². The lowest BCUT2D eigenvalue weighted by Gasteiger charge is -2.24. The van der Waals surface area contributed by atoms with Gasteiger partial charge in [0.25, 0.3) is 0 Å². The maximum absolute atomic E-state index is 4.03. The number of allylic oxidation sites excluding steroid dienone is 1. The Morgan fingerprint density at radius 1 is 1.33 bits per heavy atom. The maximum Gasteiger partial charge on any atom is 0.0105 e. The number of hydrogen-bond donors (Lipinski definition) is 1.